The molecule has 1 saturated heterocycles. The first-order chi connectivity index (χ1) is 23.2. The third-order valence-electron chi connectivity index (χ3n) is 11.6. The minimum atomic E-state index is -1.46. The average Bonchev–Trinajstić information content (AvgIpc) is 3.80. The summed E-state index contributed by atoms with van der Waals surface area (Å²) in [5, 5.41) is 14.2. The number of hydrogen-bond donors (Lipinski definition) is 1. The van der Waals surface area contributed by atoms with Gasteiger partial charge in [-0.3, -0.25) is 0 Å². The monoisotopic (exact) mass is 631 g/mol. The Morgan fingerprint density at radius 2 is 1.53 bits per heavy atom. The Labute approximate surface area is 280 Å². The van der Waals surface area contributed by atoms with Gasteiger partial charge in [-0.25, -0.2) is 0 Å². The summed E-state index contributed by atoms with van der Waals surface area (Å²) < 4.78 is 0. The molecule has 7 atom stereocenters. The van der Waals surface area contributed by atoms with Crippen LogP contribution in [0, 0.1) is 29.1 Å². The number of benzene rings is 3. The topological polar surface area (TPSA) is 39.1 Å². The van der Waals surface area contributed by atoms with Crippen molar-refractivity contribution in [3.05, 3.63) is 156 Å². The second kappa shape index (κ2) is 11.4. The molecule has 3 nitrogen and oxygen atoms in total. The van der Waals surface area contributed by atoms with Crippen LogP contribution in [0.1, 0.15) is 37.3 Å². The van der Waals surface area contributed by atoms with Crippen LogP contribution in [0.3, 0.4) is 0 Å². The lowest BCUT2D eigenvalue weighted by molar-refractivity contribution is 0.215. The Kier molecular flexibility index (Phi) is 6.94. The molecule has 3 aromatic rings. The largest absolute Gasteiger partial charge is 0.386 e. The number of rotatable bonds is 5. The smallest absolute Gasteiger partial charge is 0.0972 e. The number of dihydropyridines is 1. The van der Waals surface area contributed by atoms with Gasteiger partial charge in [-0.05, 0) is 99.7 Å². The zero-order valence-corrected chi connectivity index (χ0v) is 27.7. The van der Waals surface area contributed by atoms with Crippen LogP contribution in [0.25, 0.3) is 11.1 Å². The Balaban J connectivity index is 1.28. The molecule has 7 unspecified atom stereocenters. The molecular formula is C43H41N3S. The highest BCUT2D eigenvalue weighted by Gasteiger charge is 2.59. The van der Waals surface area contributed by atoms with Crippen molar-refractivity contribution in [2.24, 2.45) is 17.8 Å². The molecule has 2 fully saturated rings. The number of nitriles is 1. The van der Waals surface area contributed by atoms with E-state index in [4.69, 9.17) is 0 Å². The van der Waals surface area contributed by atoms with Gasteiger partial charge in [-0.1, -0.05) is 104 Å². The maximum absolute atomic E-state index is 10.1. The maximum atomic E-state index is 10.1. The Bertz CT molecular complexity index is 1900. The molecular weight excluding hydrogens is 591 g/mol. The predicted molar refractivity (Wildman–Crippen MR) is 194 cm³/mol. The van der Waals surface area contributed by atoms with Crippen molar-refractivity contribution in [2.75, 3.05) is 6.54 Å². The highest BCUT2D eigenvalue weighted by atomic mass is 32.3. The predicted octanol–water partition coefficient (Wildman–Crippen LogP) is 9.27. The number of nitrogens with one attached hydrogen (secondary N) is 1. The van der Waals surface area contributed by atoms with Crippen molar-refractivity contribution in [3.8, 4) is 6.07 Å². The van der Waals surface area contributed by atoms with Gasteiger partial charge in [-0.2, -0.15) is 15.3 Å². The Hall–Kier alpha value is -4.46. The standard InChI is InChI=1S/C43H41N3S/c1-29-25-37(35-18-9-8-17-34(35)33-23-24-45-28-30(33)27-44)43(38-26-36(29)38)46-39-19-10-11-21-41(39)47(31-13-4-2-5-14-31,32-15-6-3-7-16-32)42-22-12-20-40(42)46/h2-21,23-24,29,36,38-42,45H,22,25-26,28H2,1H3. The summed E-state index contributed by atoms with van der Waals surface area (Å²) in [6.45, 7) is 3.05. The highest BCUT2D eigenvalue weighted by Crippen LogP contribution is 2.76. The minimum absolute atomic E-state index is 0.263. The van der Waals surface area contributed by atoms with E-state index in [1.165, 1.54) is 32.9 Å². The van der Waals surface area contributed by atoms with E-state index >= 15 is 0 Å². The van der Waals surface area contributed by atoms with Gasteiger partial charge >= 0.3 is 0 Å². The molecule has 2 heterocycles. The van der Waals surface area contributed by atoms with Crippen molar-refractivity contribution in [1.82, 2.24) is 10.2 Å². The van der Waals surface area contributed by atoms with Crippen LogP contribution in [0.15, 0.2) is 155 Å². The van der Waals surface area contributed by atoms with Crippen LogP contribution < -0.4 is 5.32 Å². The molecule has 1 N–H and O–H groups in total. The second-order valence-corrected chi connectivity index (χ2v) is 17.5. The van der Waals surface area contributed by atoms with Gasteiger partial charge in [0.2, 0.25) is 0 Å². The number of allylic oxidation sites excluding steroid dienone is 7. The van der Waals surface area contributed by atoms with E-state index in [0.29, 0.717) is 34.9 Å². The average molecular weight is 632 g/mol. The van der Waals surface area contributed by atoms with E-state index in [1.807, 2.05) is 6.20 Å². The molecule has 234 valence electrons. The molecule has 4 heteroatoms. The molecule has 47 heavy (non-hydrogen) atoms. The maximum Gasteiger partial charge on any atom is 0.0972 e. The molecule has 4 aliphatic carbocycles. The zero-order valence-electron chi connectivity index (χ0n) is 26.9. The van der Waals surface area contributed by atoms with Crippen molar-refractivity contribution in [1.29, 1.82) is 5.26 Å². The Morgan fingerprint density at radius 3 is 2.28 bits per heavy atom. The van der Waals surface area contributed by atoms with Gasteiger partial charge in [0.05, 0.1) is 30.3 Å². The summed E-state index contributed by atoms with van der Waals surface area (Å²) in [5.74, 6) is 1.98. The highest BCUT2D eigenvalue weighted by molar-refractivity contribution is 8.35. The number of fused-ring (bicyclic) bond motifs is 3. The summed E-state index contributed by atoms with van der Waals surface area (Å²) in [4.78, 5) is 5.94. The number of nitrogens with zero attached hydrogens (tertiary/aromatic N) is 2. The van der Waals surface area contributed by atoms with Crippen molar-refractivity contribution in [3.63, 3.8) is 0 Å². The SMILES string of the molecule is CC1CC(c2ccccc2C2=C(C#N)CNC=C2)=C(N2C3C=CC=CC3S(c3ccccc3)(c3ccccc3)C3CC=CC32)C2CC12. The third-order valence-corrected chi connectivity index (χ3v) is 16.5. The summed E-state index contributed by atoms with van der Waals surface area (Å²) in [7, 11) is -1.46. The normalized spacial score (nSPS) is 31.8. The molecule has 0 spiro atoms. The molecule has 1 saturated carbocycles. The molecule has 2 aliphatic heterocycles. The van der Waals surface area contributed by atoms with E-state index in [1.54, 1.807) is 5.70 Å². The fourth-order valence-corrected chi connectivity index (χ4v) is 14.9. The second-order valence-electron chi connectivity index (χ2n) is 14.0. The molecule has 6 aliphatic rings. The van der Waals surface area contributed by atoms with Gasteiger partial charge in [0, 0.05) is 22.1 Å². The van der Waals surface area contributed by atoms with Crippen molar-refractivity contribution < 1.29 is 0 Å². The van der Waals surface area contributed by atoms with E-state index in [2.05, 4.69) is 151 Å². The molecule has 3 aromatic carbocycles. The van der Waals surface area contributed by atoms with Crippen LogP contribution in [-0.4, -0.2) is 34.0 Å². The van der Waals surface area contributed by atoms with E-state index in [-0.39, 0.29) is 6.04 Å². The molecule has 9 rings (SSSR count). The zero-order chi connectivity index (χ0) is 31.5. The van der Waals surface area contributed by atoms with Crippen LogP contribution >= 0.6 is 10.0 Å². The lowest BCUT2D eigenvalue weighted by Crippen LogP contribution is -2.59. The van der Waals surface area contributed by atoms with E-state index < -0.39 is 10.0 Å². The summed E-state index contributed by atoms with van der Waals surface area (Å²) in [6.07, 6.45) is 22.3. The van der Waals surface area contributed by atoms with Crippen LogP contribution in [0.5, 0.6) is 0 Å². The quantitative estimate of drug-likeness (QED) is 0.285. The summed E-state index contributed by atoms with van der Waals surface area (Å²) >= 11 is 0. The first-order valence-corrected chi connectivity index (χ1v) is 19.0. The molecule has 0 bridgehead atoms. The number of hydrogen-bond acceptors (Lipinski definition) is 3. The molecule has 0 amide bonds. The summed E-state index contributed by atoms with van der Waals surface area (Å²) in [6, 6.07) is 35.0. The summed E-state index contributed by atoms with van der Waals surface area (Å²) in [5.41, 5.74) is 7.47. The lowest BCUT2D eigenvalue weighted by atomic mass is 9.80. The van der Waals surface area contributed by atoms with Gasteiger partial charge in [0.15, 0.2) is 0 Å². The van der Waals surface area contributed by atoms with Gasteiger partial charge < -0.3 is 10.2 Å². The van der Waals surface area contributed by atoms with Crippen LogP contribution in [0.4, 0.5) is 0 Å². The van der Waals surface area contributed by atoms with Crippen molar-refractivity contribution in [2.45, 2.75) is 58.6 Å². The fraction of sp³-hybridized carbons (Fsp3) is 0.279. The van der Waals surface area contributed by atoms with E-state index in [0.717, 1.165) is 29.9 Å². The Morgan fingerprint density at radius 1 is 0.830 bits per heavy atom. The van der Waals surface area contributed by atoms with E-state index in [9.17, 15) is 5.26 Å². The van der Waals surface area contributed by atoms with Crippen molar-refractivity contribution >= 4 is 21.2 Å². The first-order valence-electron chi connectivity index (χ1n) is 17.3. The van der Waals surface area contributed by atoms with Gasteiger partial charge in [0.25, 0.3) is 0 Å². The van der Waals surface area contributed by atoms with Crippen LogP contribution in [0.2, 0.25) is 0 Å². The third kappa shape index (κ3) is 4.32. The van der Waals surface area contributed by atoms with Gasteiger partial charge in [0.1, 0.15) is 0 Å². The lowest BCUT2D eigenvalue weighted by Gasteiger charge is -2.63. The molecule has 0 radical (unpaired) electrons. The fourth-order valence-electron chi connectivity index (χ4n) is 9.63. The first kappa shape index (κ1) is 28.7. The minimum Gasteiger partial charge on any atom is -0.386 e. The van der Waals surface area contributed by atoms with Crippen LogP contribution in [-0.2, 0) is 0 Å². The van der Waals surface area contributed by atoms with Gasteiger partial charge in [-0.15, -0.1) is 0 Å². The molecule has 0 aromatic heterocycles.